The lowest BCUT2D eigenvalue weighted by Crippen LogP contribution is -2.13. The average molecular weight is 357 g/mol. The highest BCUT2D eigenvalue weighted by Gasteiger charge is 2.20. The van der Waals surface area contributed by atoms with Crippen LogP contribution >= 0.6 is 0 Å². The molecule has 0 bridgehead atoms. The third-order valence-corrected chi connectivity index (χ3v) is 4.79. The summed E-state index contributed by atoms with van der Waals surface area (Å²) in [7, 11) is 1.93. The zero-order chi connectivity index (χ0) is 19.0. The molecule has 2 aromatic heterocycles. The molecule has 2 N–H and O–H groups in total. The van der Waals surface area contributed by atoms with E-state index in [1.165, 1.54) is 0 Å². The van der Waals surface area contributed by atoms with E-state index in [-0.39, 0.29) is 11.7 Å². The zero-order valence-corrected chi connectivity index (χ0v) is 15.1. The molecule has 2 aromatic carbocycles. The van der Waals surface area contributed by atoms with Crippen LogP contribution in [0.25, 0.3) is 21.9 Å². The van der Waals surface area contributed by atoms with Crippen molar-refractivity contribution in [3.63, 3.8) is 0 Å². The molecule has 0 aliphatic rings. The smallest absolute Gasteiger partial charge is 0.258 e. The first kappa shape index (κ1) is 16.8. The lowest BCUT2D eigenvalue weighted by atomic mass is 10.00. The van der Waals surface area contributed by atoms with Gasteiger partial charge in [0.25, 0.3) is 5.91 Å². The van der Waals surface area contributed by atoms with Gasteiger partial charge in [0, 0.05) is 48.0 Å². The number of carbonyl (C=O) groups excluding carboxylic acids is 1. The van der Waals surface area contributed by atoms with Crippen molar-refractivity contribution in [2.24, 2.45) is 7.05 Å². The van der Waals surface area contributed by atoms with E-state index in [2.05, 4.69) is 16.4 Å². The van der Waals surface area contributed by atoms with Gasteiger partial charge in [0.2, 0.25) is 0 Å². The number of amides is 1. The summed E-state index contributed by atoms with van der Waals surface area (Å²) < 4.78 is 1.96. The van der Waals surface area contributed by atoms with E-state index in [9.17, 15) is 9.90 Å². The van der Waals surface area contributed by atoms with Crippen LogP contribution in [0.15, 0.2) is 67.1 Å². The largest absolute Gasteiger partial charge is 0.508 e. The number of benzene rings is 2. The molecule has 5 nitrogen and oxygen atoms in total. The van der Waals surface area contributed by atoms with Crippen LogP contribution in [0.3, 0.4) is 0 Å². The molecule has 0 radical (unpaired) electrons. The number of nitrogens with zero attached hydrogens (tertiary/aromatic N) is 2. The summed E-state index contributed by atoms with van der Waals surface area (Å²) in [6.45, 7) is 1.93. The van der Waals surface area contributed by atoms with Crippen LogP contribution in [0.4, 0.5) is 5.69 Å². The number of aromatic nitrogens is 2. The van der Waals surface area contributed by atoms with E-state index >= 15 is 0 Å². The predicted molar refractivity (Wildman–Crippen MR) is 107 cm³/mol. The SMILES string of the molecule is Cc1c(C(=O)Nc2ccc(O)cc2)c(-c2ccc3cnccc3c2)cn1C. The fraction of sp³-hybridized carbons (Fsp3) is 0.0909. The van der Waals surface area contributed by atoms with Crippen molar-refractivity contribution in [1.29, 1.82) is 0 Å². The fourth-order valence-electron chi connectivity index (χ4n) is 3.22. The molecular formula is C22H19N3O2. The Kier molecular flexibility index (Phi) is 4.12. The molecule has 0 atom stereocenters. The van der Waals surface area contributed by atoms with Crippen LogP contribution in [-0.2, 0) is 7.05 Å². The number of pyridine rings is 1. The second kappa shape index (κ2) is 6.61. The molecule has 0 saturated carbocycles. The molecule has 2 heterocycles. The number of fused-ring (bicyclic) bond motifs is 1. The highest BCUT2D eigenvalue weighted by Crippen LogP contribution is 2.30. The van der Waals surface area contributed by atoms with Gasteiger partial charge >= 0.3 is 0 Å². The quantitative estimate of drug-likeness (QED) is 0.530. The molecule has 0 unspecified atom stereocenters. The number of nitrogens with one attached hydrogen (secondary N) is 1. The predicted octanol–water partition coefficient (Wildman–Crippen LogP) is 4.51. The van der Waals surface area contributed by atoms with Gasteiger partial charge in [-0.25, -0.2) is 0 Å². The van der Waals surface area contributed by atoms with E-state index in [1.54, 1.807) is 30.5 Å². The molecule has 0 spiro atoms. The van der Waals surface area contributed by atoms with Gasteiger partial charge in [-0.2, -0.15) is 0 Å². The van der Waals surface area contributed by atoms with Crippen LogP contribution < -0.4 is 5.32 Å². The lowest BCUT2D eigenvalue weighted by molar-refractivity contribution is 0.102. The number of anilines is 1. The summed E-state index contributed by atoms with van der Waals surface area (Å²) in [6, 6.07) is 14.5. The molecule has 4 rings (SSSR count). The van der Waals surface area contributed by atoms with Crippen LogP contribution in [0, 0.1) is 6.92 Å². The zero-order valence-electron chi connectivity index (χ0n) is 15.1. The van der Waals surface area contributed by atoms with Gasteiger partial charge in [-0.05, 0) is 54.3 Å². The Morgan fingerprint density at radius 2 is 1.85 bits per heavy atom. The van der Waals surface area contributed by atoms with Gasteiger partial charge in [-0.3, -0.25) is 9.78 Å². The lowest BCUT2D eigenvalue weighted by Gasteiger charge is -2.09. The molecule has 134 valence electrons. The maximum absolute atomic E-state index is 13.0. The maximum atomic E-state index is 13.0. The Morgan fingerprint density at radius 3 is 2.63 bits per heavy atom. The van der Waals surface area contributed by atoms with Gasteiger partial charge in [0.15, 0.2) is 0 Å². The maximum Gasteiger partial charge on any atom is 0.258 e. The van der Waals surface area contributed by atoms with Crippen molar-refractivity contribution in [2.75, 3.05) is 5.32 Å². The number of aryl methyl sites for hydroxylation is 1. The summed E-state index contributed by atoms with van der Waals surface area (Å²) >= 11 is 0. The van der Waals surface area contributed by atoms with Crippen molar-refractivity contribution in [1.82, 2.24) is 9.55 Å². The Balaban J connectivity index is 1.76. The van der Waals surface area contributed by atoms with Crippen LogP contribution in [-0.4, -0.2) is 20.6 Å². The number of phenols is 1. The molecule has 5 heteroatoms. The van der Waals surface area contributed by atoms with Gasteiger partial charge in [0.05, 0.1) is 5.56 Å². The highest BCUT2D eigenvalue weighted by molar-refractivity contribution is 6.10. The first-order chi connectivity index (χ1) is 13.0. The summed E-state index contributed by atoms with van der Waals surface area (Å²) in [6.07, 6.45) is 5.57. The van der Waals surface area contributed by atoms with Gasteiger partial charge in [-0.15, -0.1) is 0 Å². The van der Waals surface area contributed by atoms with Gasteiger partial charge < -0.3 is 15.0 Å². The number of hydrogen-bond donors (Lipinski definition) is 2. The van der Waals surface area contributed by atoms with E-state index in [0.29, 0.717) is 11.3 Å². The van der Waals surface area contributed by atoms with Crippen LogP contribution in [0.1, 0.15) is 16.1 Å². The number of aromatic hydroxyl groups is 1. The average Bonchev–Trinajstić information content (AvgIpc) is 2.98. The van der Waals surface area contributed by atoms with Crippen molar-refractivity contribution in [2.45, 2.75) is 6.92 Å². The van der Waals surface area contributed by atoms with Gasteiger partial charge in [-0.1, -0.05) is 12.1 Å². The van der Waals surface area contributed by atoms with Crippen LogP contribution in [0.2, 0.25) is 0 Å². The first-order valence-electron chi connectivity index (χ1n) is 8.63. The molecule has 4 aromatic rings. The molecule has 27 heavy (non-hydrogen) atoms. The van der Waals surface area contributed by atoms with E-state index in [0.717, 1.165) is 27.6 Å². The Morgan fingerprint density at radius 1 is 1.07 bits per heavy atom. The standard InChI is InChI=1S/C22H19N3O2/c1-14-21(22(27)24-18-5-7-19(26)8-6-18)20(13-25(14)2)16-3-4-17-12-23-10-9-15(17)11-16/h3-13,26H,1-2H3,(H,24,27). The monoisotopic (exact) mass is 357 g/mol. The summed E-state index contributed by atoms with van der Waals surface area (Å²) in [5.74, 6) is -0.0150. The molecular weight excluding hydrogens is 338 g/mol. The third kappa shape index (κ3) is 3.15. The fourth-order valence-corrected chi connectivity index (χ4v) is 3.22. The minimum atomic E-state index is -0.177. The number of carbonyl (C=O) groups is 1. The van der Waals surface area contributed by atoms with Crippen molar-refractivity contribution < 1.29 is 9.90 Å². The third-order valence-electron chi connectivity index (χ3n) is 4.79. The summed E-state index contributed by atoms with van der Waals surface area (Å²) in [5.41, 5.74) is 4.02. The van der Waals surface area contributed by atoms with Crippen molar-refractivity contribution in [3.8, 4) is 16.9 Å². The van der Waals surface area contributed by atoms with E-state index in [4.69, 9.17) is 0 Å². The summed E-state index contributed by atoms with van der Waals surface area (Å²) in [5, 5.41) is 14.5. The van der Waals surface area contributed by atoms with Gasteiger partial charge in [0.1, 0.15) is 5.75 Å². The molecule has 0 fully saturated rings. The Labute approximate surface area is 156 Å². The topological polar surface area (TPSA) is 67.2 Å². The number of phenolic OH excluding ortho intramolecular Hbond substituents is 1. The molecule has 0 aliphatic heterocycles. The molecule has 0 saturated heterocycles. The minimum absolute atomic E-state index is 0.162. The first-order valence-corrected chi connectivity index (χ1v) is 8.63. The normalized spacial score (nSPS) is 10.9. The minimum Gasteiger partial charge on any atom is -0.508 e. The number of hydrogen-bond acceptors (Lipinski definition) is 3. The van der Waals surface area contributed by atoms with Crippen LogP contribution in [0.5, 0.6) is 5.75 Å². The van der Waals surface area contributed by atoms with E-state index < -0.39 is 0 Å². The van der Waals surface area contributed by atoms with E-state index in [1.807, 2.05) is 49.1 Å². The van der Waals surface area contributed by atoms with Crippen molar-refractivity contribution >= 4 is 22.4 Å². The Bertz CT molecular complexity index is 1140. The Hall–Kier alpha value is -3.60. The molecule has 0 aliphatic carbocycles. The summed E-state index contributed by atoms with van der Waals surface area (Å²) in [4.78, 5) is 17.1. The van der Waals surface area contributed by atoms with Crippen molar-refractivity contribution in [3.05, 3.63) is 78.4 Å². The number of rotatable bonds is 3. The second-order valence-electron chi connectivity index (χ2n) is 6.55. The molecule has 1 amide bonds. The highest BCUT2D eigenvalue weighted by atomic mass is 16.3. The second-order valence-corrected chi connectivity index (χ2v) is 6.55.